The van der Waals surface area contributed by atoms with Crippen molar-refractivity contribution in [3.05, 3.63) is 69.7 Å². The number of aliphatic hydroxyl groups excluding tert-OH is 1. The number of benzene rings is 2. The average molecular weight is 533 g/mol. The third-order valence-electron chi connectivity index (χ3n) is 8.70. The lowest BCUT2D eigenvalue weighted by Gasteiger charge is -2.60. The fraction of sp³-hybridized carbons (Fsp3) is 0.517. The molecule has 3 atom stereocenters. The molecule has 2 aliphatic carbocycles. The van der Waals surface area contributed by atoms with Crippen molar-refractivity contribution in [2.24, 2.45) is 11.8 Å². The van der Waals surface area contributed by atoms with Crippen LogP contribution < -0.4 is 0 Å². The molecule has 2 saturated carbocycles. The van der Waals surface area contributed by atoms with Crippen LogP contribution in [0, 0.1) is 11.8 Å². The Morgan fingerprint density at radius 3 is 1.97 bits per heavy atom. The Labute approximate surface area is 223 Å². The van der Waals surface area contributed by atoms with Crippen LogP contribution in [-0.4, -0.2) is 47.2 Å². The van der Waals surface area contributed by atoms with Crippen molar-refractivity contribution in [1.29, 1.82) is 0 Å². The van der Waals surface area contributed by atoms with Crippen LogP contribution >= 0.6 is 23.2 Å². The van der Waals surface area contributed by atoms with Crippen LogP contribution in [0.3, 0.4) is 0 Å². The van der Waals surface area contributed by atoms with Gasteiger partial charge in [-0.3, -0.25) is 9.59 Å². The Morgan fingerprint density at radius 1 is 0.917 bits per heavy atom. The van der Waals surface area contributed by atoms with Crippen LogP contribution in [-0.2, 0) is 20.4 Å². The molecule has 1 aliphatic heterocycles. The quantitative estimate of drug-likeness (QED) is 0.442. The molecule has 1 amide bonds. The first-order valence-corrected chi connectivity index (χ1v) is 13.7. The van der Waals surface area contributed by atoms with E-state index < -0.39 is 11.4 Å². The van der Waals surface area contributed by atoms with Crippen molar-refractivity contribution in [3.8, 4) is 0 Å². The summed E-state index contributed by atoms with van der Waals surface area (Å²) < 4.78 is 0. The number of carboxylic acids is 1. The van der Waals surface area contributed by atoms with Crippen molar-refractivity contribution in [2.75, 3.05) is 19.7 Å². The highest BCUT2D eigenvalue weighted by atomic mass is 35.5. The van der Waals surface area contributed by atoms with Crippen LogP contribution in [0.25, 0.3) is 0 Å². The summed E-state index contributed by atoms with van der Waals surface area (Å²) >= 11 is 12.1. The van der Waals surface area contributed by atoms with Gasteiger partial charge >= 0.3 is 5.97 Å². The fourth-order valence-corrected chi connectivity index (χ4v) is 6.73. The maximum atomic E-state index is 12.4. The number of carbonyl (C=O) groups is 2. The predicted octanol–water partition coefficient (Wildman–Crippen LogP) is 6.08. The van der Waals surface area contributed by atoms with E-state index in [1.165, 1.54) is 5.56 Å². The van der Waals surface area contributed by atoms with Gasteiger partial charge in [-0.25, -0.2) is 0 Å². The molecule has 2 aromatic rings. The molecular weight excluding hydrogens is 497 g/mol. The van der Waals surface area contributed by atoms with Crippen LogP contribution in [0.15, 0.2) is 48.5 Å². The van der Waals surface area contributed by atoms with Crippen molar-refractivity contribution in [3.63, 3.8) is 0 Å². The zero-order chi connectivity index (χ0) is 25.8. The minimum absolute atomic E-state index is 0.0547. The number of hydrogen-bond acceptors (Lipinski definition) is 3. The summed E-state index contributed by atoms with van der Waals surface area (Å²) in [5.41, 5.74) is 1.24. The zero-order valence-corrected chi connectivity index (χ0v) is 22.1. The molecule has 36 heavy (non-hydrogen) atoms. The Hall–Kier alpha value is -2.08. The first-order valence-electron chi connectivity index (χ1n) is 12.9. The lowest BCUT2D eigenvalue weighted by Crippen LogP contribution is -2.61. The molecule has 7 heteroatoms. The van der Waals surface area contributed by atoms with E-state index in [1.54, 1.807) is 17.0 Å². The Kier molecular flexibility index (Phi) is 8.64. The average Bonchev–Trinajstić information content (AvgIpc) is 3.08. The maximum absolute atomic E-state index is 12.4. The van der Waals surface area contributed by atoms with E-state index in [0.29, 0.717) is 22.4 Å². The minimum Gasteiger partial charge on any atom is -0.481 e. The minimum atomic E-state index is -0.815. The van der Waals surface area contributed by atoms with Gasteiger partial charge in [0.15, 0.2) is 0 Å². The maximum Gasteiger partial charge on any atom is 0.314 e. The summed E-state index contributed by atoms with van der Waals surface area (Å²) in [6.45, 7) is 1.81. The van der Waals surface area contributed by atoms with E-state index in [0.717, 1.165) is 70.0 Å². The van der Waals surface area contributed by atoms with Gasteiger partial charge in [-0.05, 0) is 91.2 Å². The third kappa shape index (κ3) is 5.16. The van der Waals surface area contributed by atoms with Crippen molar-refractivity contribution >= 4 is 35.6 Å². The summed E-state index contributed by atoms with van der Waals surface area (Å²) in [6, 6.07) is 15.4. The van der Waals surface area contributed by atoms with E-state index in [2.05, 4.69) is 12.1 Å². The second kappa shape index (κ2) is 11.5. The molecule has 0 spiro atoms. The lowest BCUT2D eigenvalue weighted by atomic mass is 9.42. The summed E-state index contributed by atoms with van der Waals surface area (Å²) in [6.07, 6.45) is 9.01. The number of carbonyl (C=O) groups excluding carboxylic acids is 1. The molecule has 2 aromatic carbocycles. The molecule has 5 rings (SSSR count). The predicted molar refractivity (Wildman–Crippen MR) is 143 cm³/mol. The monoisotopic (exact) mass is 531 g/mol. The Balaban J connectivity index is 0.000000233. The molecule has 0 radical (unpaired) electrons. The molecule has 5 nitrogen and oxygen atoms in total. The van der Waals surface area contributed by atoms with Gasteiger partial charge in [0.05, 0.1) is 5.41 Å². The van der Waals surface area contributed by atoms with Gasteiger partial charge in [0.25, 0.3) is 0 Å². The number of aliphatic carboxylic acids is 1. The summed E-state index contributed by atoms with van der Waals surface area (Å²) in [5.74, 6) is -0.303. The number of rotatable bonds is 6. The topological polar surface area (TPSA) is 77.8 Å². The highest BCUT2D eigenvalue weighted by Gasteiger charge is 2.63. The molecule has 194 valence electrons. The molecule has 2 N–H and O–H groups in total. The van der Waals surface area contributed by atoms with E-state index in [-0.39, 0.29) is 17.9 Å². The number of hydrogen-bond donors (Lipinski definition) is 2. The molecule has 3 aliphatic rings. The normalized spacial score (nSPS) is 26.9. The van der Waals surface area contributed by atoms with Gasteiger partial charge in [-0.15, -0.1) is 0 Å². The lowest BCUT2D eigenvalue weighted by molar-refractivity contribution is -0.157. The Morgan fingerprint density at radius 2 is 1.53 bits per heavy atom. The second-order valence-corrected chi connectivity index (χ2v) is 11.4. The molecule has 0 bridgehead atoms. The van der Waals surface area contributed by atoms with Crippen LogP contribution in [0.4, 0.5) is 0 Å². The largest absolute Gasteiger partial charge is 0.481 e. The van der Waals surface area contributed by atoms with Gasteiger partial charge < -0.3 is 15.1 Å². The van der Waals surface area contributed by atoms with Crippen LogP contribution in [0.5, 0.6) is 0 Å². The summed E-state index contributed by atoms with van der Waals surface area (Å²) in [7, 11) is 0. The molecule has 1 saturated heterocycles. The third-order valence-corrected chi connectivity index (χ3v) is 9.21. The molecule has 3 fully saturated rings. The van der Waals surface area contributed by atoms with Crippen molar-refractivity contribution in [2.45, 2.75) is 62.2 Å². The van der Waals surface area contributed by atoms with E-state index in [4.69, 9.17) is 28.3 Å². The van der Waals surface area contributed by atoms with Gasteiger partial charge in [0, 0.05) is 29.7 Å². The van der Waals surface area contributed by atoms with Gasteiger partial charge in [-0.1, -0.05) is 60.3 Å². The Bertz CT molecular complexity index is 1040. The first-order chi connectivity index (χ1) is 17.4. The van der Waals surface area contributed by atoms with Gasteiger partial charge in [0.2, 0.25) is 6.41 Å². The number of aliphatic hydroxyl groups is 1. The van der Waals surface area contributed by atoms with Gasteiger partial charge in [-0.2, -0.15) is 0 Å². The van der Waals surface area contributed by atoms with Crippen molar-refractivity contribution < 1.29 is 19.8 Å². The van der Waals surface area contributed by atoms with E-state index >= 15 is 0 Å². The zero-order valence-electron chi connectivity index (χ0n) is 20.5. The number of nitrogens with zero attached hydrogens (tertiary/aromatic N) is 1. The van der Waals surface area contributed by atoms with Crippen molar-refractivity contribution in [1.82, 2.24) is 4.90 Å². The molecule has 0 aromatic heterocycles. The molecular formula is C29H35Cl2NO4. The highest BCUT2D eigenvalue weighted by molar-refractivity contribution is 6.30. The molecule has 3 unspecified atom stereocenters. The smallest absolute Gasteiger partial charge is 0.314 e. The summed E-state index contributed by atoms with van der Waals surface area (Å²) in [4.78, 5) is 24.6. The van der Waals surface area contributed by atoms with E-state index in [1.807, 2.05) is 24.3 Å². The number of amides is 1. The summed E-state index contributed by atoms with van der Waals surface area (Å²) in [5, 5.41) is 20.4. The number of halogens is 2. The SMILES string of the molecule is O=C(O)C1(c2ccc(Cl)cc2)CCC1C1(c2ccc(Cl)cc2)CCC1.O=CN1CCCCC(CO)C1. The first kappa shape index (κ1) is 27.0. The van der Waals surface area contributed by atoms with Crippen LogP contribution in [0.1, 0.15) is 62.5 Å². The van der Waals surface area contributed by atoms with E-state index in [9.17, 15) is 14.7 Å². The van der Waals surface area contributed by atoms with Gasteiger partial charge in [0.1, 0.15) is 0 Å². The molecule has 1 heterocycles. The van der Waals surface area contributed by atoms with Crippen LogP contribution in [0.2, 0.25) is 10.0 Å². The number of likely N-dealkylation sites (tertiary alicyclic amines) is 1. The highest BCUT2D eigenvalue weighted by Crippen LogP contribution is 2.63. The number of carboxylic acid groups (broad SMARTS) is 1. The fourth-order valence-electron chi connectivity index (χ4n) is 6.48. The standard InChI is InChI=1S/C21H20Cl2O2.C8H15NO2/c22-16-6-2-14(3-7-16)20(11-1-12-20)18-10-13-21(18,19(24)25)15-4-8-17(23)9-5-15;10-6-8-3-1-2-4-9(5-8)7-11/h2-9,18H,1,10-13H2,(H,24,25);7-8,10H,1-6H2. The second-order valence-electron chi connectivity index (χ2n) is 10.5.